The van der Waals surface area contributed by atoms with Crippen LogP contribution in [-0.2, 0) is 0 Å². The number of nitrogens with one attached hydrogen (secondary N) is 2. The average Bonchev–Trinajstić information content (AvgIpc) is 2.87. The minimum Gasteiger partial charge on any atom is -0.359 e. The number of hydrogen-bond donors (Lipinski definition) is 2. The van der Waals surface area contributed by atoms with Gasteiger partial charge in [0.05, 0.1) is 5.71 Å². The first-order chi connectivity index (χ1) is 7.74. The smallest absolute Gasteiger partial charge is 0.187 e. The lowest BCUT2D eigenvalue weighted by Gasteiger charge is -2.13. The molecule has 3 nitrogen and oxygen atoms in total. The second kappa shape index (κ2) is 5.43. The summed E-state index contributed by atoms with van der Waals surface area (Å²) >= 11 is 5.20. The molecule has 0 heterocycles. The van der Waals surface area contributed by atoms with Crippen molar-refractivity contribution >= 4 is 23.0 Å². The number of allylic oxidation sites excluding steroid dienone is 2. The Kier molecular flexibility index (Phi) is 3.93. The molecule has 0 aromatic carbocycles. The molecule has 0 atom stereocenters. The van der Waals surface area contributed by atoms with Crippen molar-refractivity contribution in [1.29, 1.82) is 0 Å². The van der Waals surface area contributed by atoms with E-state index in [2.05, 4.69) is 28.8 Å². The first-order valence-corrected chi connectivity index (χ1v) is 6.45. The molecule has 0 saturated heterocycles. The molecule has 2 N–H and O–H groups in total. The first kappa shape index (κ1) is 11.6. The van der Waals surface area contributed by atoms with Crippen LogP contribution < -0.4 is 10.7 Å². The summed E-state index contributed by atoms with van der Waals surface area (Å²) in [6.45, 7) is 2.14. The molecule has 4 heteroatoms. The Bertz CT molecular complexity index is 327. The summed E-state index contributed by atoms with van der Waals surface area (Å²) < 4.78 is 0. The summed E-state index contributed by atoms with van der Waals surface area (Å²) in [4.78, 5) is 0. The highest BCUT2D eigenvalue weighted by Gasteiger charge is 2.15. The SMILES string of the molecule is CC1=CC(=NNC(=S)NC2CCCC2)CC1. The van der Waals surface area contributed by atoms with Gasteiger partial charge in [0.15, 0.2) is 5.11 Å². The van der Waals surface area contributed by atoms with Crippen LogP contribution >= 0.6 is 12.2 Å². The quantitative estimate of drug-likeness (QED) is 0.572. The van der Waals surface area contributed by atoms with Crippen molar-refractivity contribution in [2.24, 2.45) is 5.10 Å². The standard InChI is InChI=1S/C12H19N3S/c1-9-6-7-11(8-9)14-15-12(16)13-10-4-2-3-5-10/h8,10H,2-7H2,1H3,(H2,13,15,16). The zero-order valence-electron chi connectivity index (χ0n) is 9.75. The van der Waals surface area contributed by atoms with Crippen LogP contribution in [0.3, 0.4) is 0 Å². The molecule has 2 aliphatic carbocycles. The second-order valence-corrected chi connectivity index (χ2v) is 5.07. The molecule has 0 aromatic rings. The molecular weight excluding hydrogens is 218 g/mol. The van der Waals surface area contributed by atoms with Gasteiger partial charge in [-0.3, -0.25) is 5.43 Å². The van der Waals surface area contributed by atoms with Gasteiger partial charge in [-0.15, -0.1) is 0 Å². The van der Waals surface area contributed by atoms with E-state index in [1.165, 1.54) is 31.3 Å². The monoisotopic (exact) mass is 237 g/mol. The lowest BCUT2D eigenvalue weighted by atomic mass is 10.3. The lowest BCUT2D eigenvalue weighted by molar-refractivity contribution is 0.623. The third-order valence-corrected chi connectivity index (χ3v) is 3.39. The van der Waals surface area contributed by atoms with E-state index >= 15 is 0 Å². The molecule has 16 heavy (non-hydrogen) atoms. The molecule has 0 bridgehead atoms. The van der Waals surface area contributed by atoms with E-state index in [4.69, 9.17) is 12.2 Å². The number of rotatable bonds is 2. The molecular formula is C12H19N3S. The highest BCUT2D eigenvalue weighted by molar-refractivity contribution is 7.80. The van der Waals surface area contributed by atoms with Crippen molar-refractivity contribution in [3.8, 4) is 0 Å². The van der Waals surface area contributed by atoms with Gasteiger partial charge < -0.3 is 5.32 Å². The molecule has 2 rings (SSSR count). The van der Waals surface area contributed by atoms with Crippen molar-refractivity contribution in [2.75, 3.05) is 0 Å². The van der Waals surface area contributed by atoms with Gasteiger partial charge in [0.2, 0.25) is 0 Å². The number of hydrazone groups is 1. The Balaban J connectivity index is 1.75. The summed E-state index contributed by atoms with van der Waals surface area (Å²) in [6, 6.07) is 0.557. The maximum atomic E-state index is 5.20. The molecule has 88 valence electrons. The van der Waals surface area contributed by atoms with E-state index in [1.54, 1.807) is 0 Å². The van der Waals surface area contributed by atoms with Crippen LogP contribution in [0.25, 0.3) is 0 Å². The van der Waals surface area contributed by atoms with Crippen LogP contribution in [0.1, 0.15) is 45.4 Å². The van der Waals surface area contributed by atoms with Crippen molar-refractivity contribution in [1.82, 2.24) is 10.7 Å². The van der Waals surface area contributed by atoms with Gasteiger partial charge in [-0.2, -0.15) is 5.10 Å². The Labute approximate surface area is 102 Å². The average molecular weight is 237 g/mol. The van der Waals surface area contributed by atoms with Gasteiger partial charge in [0, 0.05) is 6.04 Å². The maximum Gasteiger partial charge on any atom is 0.187 e. The number of thiocarbonyl (C=S) groups is 1. The zero-order chi connectivity index (χ0) is 11.4. The van der Waals surface area contributed by atoms with Gasteiger partial charge in [-0.1, -0.05) is 18.4 Å². The first-order valence-electron chi connectivity index (χ1n) is 6.04. The minimum absolute atomic E-state index is 0.557. The summed E-state index contributed by atoms with van der Waals surface area (Å²) in [6.07, 6.45) is 9.39. The molecule has 1 fully saturated rings. The Morgan fingerprint density at radius 3 is 2.75 bits per heavy atom. The third kappa shape index (κ3) is 3.30. The van der Waals surface area contributed by atoms with Crippen LogP contribution in [0.4, 0.5) is 0 Å². The second-order valence-electron chi connectivity index (χ2n) is 4.66. The molecule has 0 spiro atoms. The summed E-state index contributed by atoms with van der Waals surface area (Å²) in [7, 11) is 0. The Morgan fingerprint density at radius 2 is 2.12 bits per heavy atom. The van der Waals surface area contributed by atoms with Crippen molar-refractivity contribution in [3.05, 3.63) is 11.6 Å². The van der Waals surface area contributed by atoms with Gasteiger partial charge in [0.1, 0.15) is 0 Å². The predicted molar refractivity (Wildman–Crippen MR) is 71.6 cm³/mol. The molecule has 0 aliphatic heterocycles. The minimum atomic E-state index is 0.557. The summed E-state index contributed by atoms with van der Waals surface area (Å²) in [5.41, 5.74) is 5.44. The summed E-state index contributed by atoms with van der Waals surface area (Å²) in [5.74, 6) is 0. The van der Waals surface area contributed by atoms with Crippen molar-refractivity contribution in [3.63, 3.8) is 0 Å². The van der Waals surface area contributed by atoms with E-state index in [1.807, 2.05) is 0 Å². The molecule has 1 saturated carbocycles. The van der Waals surface area contributed by atoms with E-state index in [-0.39, 0.29) is 0 Å². The molecule has 2 aliphatic rings. The van der Waals surface area contributed by atoms with Gasteiger partial charge in [0.25, 0.3) is 0 Å². The molecule has 0 aromatic heterocycles. The van der Waals surface area contributed by atoms with E-state index in [9.17, 15) is 0 Å². The van der Waals surface area contributed by atoms with E-state index in [0.29, 0.717) is 11.2 Å². The highest BCUT2D eigenvalue weighted by Crippen LogP contribution is 2.17. The maximum absolute atomic E-state index is 5.20. The van der Waals surface area contributed by atoms with Gasteiger partial charge in [-0.25, -0.2) is 0 Å². The molecule has 0 radical (unpaired) electrons. The topological polar surface area (TPSA) is 36.4 Å². The van der Waals surface area contributed by atoms with Crippen LogP contribution in [-0.4, -0.2) is 16.9 Å². The fraction of sp³-hybridized carbons (Fsp3) is 0.667. The van der Waals surface area contributed by atoms with Crippen LogP contribution in [0, 0.1) is 0 Å². The van der Waals surface area contributed by atoms with Crippen LogP contribution in [0.5, 0.6) is 0 Å². The fourth-order valence-corrected chi connectivity index (χ4v) is 2.46. The van der Waals surface area contributed by atoms with Crippen molar-refractivity contribution in [2.45, 2.75) is 51.5 Å². The van der Waals surface area contributed by atoms with Crippen molar-refractivity contribution < 1.29 is 0 Å². The lowest BCUT2D eigenvalue weighted by Crippen LogP contribution is -2.38. The highest BCUT2D eigenvalue weighted by atomic mass is 32.1. The number of nitrogens with zero attached hydrogens (tertiary/aromatic N) is 1. The van der Waals surface area contributed by atoms with E-state index < -0.39 is 0 Å². The molecule has 0 amide bonds. The number of hydrogen-bond acceptors (Lipinski definition) is 2. The van der Waals surface area contributed by atoms with Gasteiger partial charge in [-0.05, 0) is 50.9 Å². The summed E-state index contributed by atoms with van der Waals surface area (Å²) in [5, 5.41) is 8.27. The fourth-order valence-electron chi connectivity index (χ4n) is 2.25. The predicted octanol–water partition coefficient (Wildman–Crippen LogP) is 2.49. The van der Waals surface area contributed by atoms with Crippen LogP contribution in [0.15, 0.2) is 16.8 Å². The van der Waals surface area contributed by atoms with Gasteiger partial charge >= 0.3 is 0 Å². The Morgan fingerprint density at radius 1 is 1.38 bits per heavy atom. The largest absolute Gasteiger partial charge is 0.359 e. The van der Waals surface area contributed by atoms with Crippen LogP contribution in [0.2, 0.25) is 0 Å². The zero-order valence-corrected chi connectivity index (χ0v) is 10.6. The molecule has 0 unspecified atom stereocenters. The van der Waals surface area contributed by atoms with E-state index in [0.717, 1.165) is 18.6 Å². The Hall–Kier alpha value is -0.900. The third-order valence-electron chi connectivity index (χ3n) is 3.18. The normalized spacial score (nSPS) is 23.6.